The topological polar surface area (TPSA) is 93.0 Å². The molecule has 1 fully saturated rings. The summed E-state index contributed by atoms with van der Waals surface area (Å²) >= 11 is 0. The van der Waals surface area contributed by atoms with Gasteiger partial charge in [0, 0.05) is 33.1 Å². The predicted molar refractivity (Wildman–Crippen MR) is 89.9 cm³/mol. The number of amides is 1. The van der Waals surface area contributed by atoms with Gasteiger partial charge in [-0.25, -0.2) is 9.78 Å². The Morgan fingerprint density at radius 1 is 1.33 bits per heavy atom. The van der Waals surface area contributed by atoms with Gasteiger partial charge in [-0.3, -0.25) is 18.7 Å². The quantitative estimate of drug-likeness (QED) is 0.887. The zero-order valence-electron chi connectivity index (χ0n) is 14.1. The van der Waals surface area contributed by atoms with Crippen molar-refractivity contribution in [3.8, 4) is 0 Å². The van der Waals surface area contributed by atoms with Gasteiger partial charge in [-0.1, -0.05) is 19.3 Å². The average Bonchev–Trinajstić information content (AvgIpc) is 3.10. The zero-order valence-corrected chi connectivity index (χ0v) is 14.1. The zero-order chi connectivity index (χ0) is 17.3. The summed E-state index contributed by atoms with van der Waals surface area (Å²) in [6.45, 7) is 0.0797. The van der Waals surface area contributed by atoms with Crippen LogP contribution in [0.1, 0.15) is 38.5 Å². The maximum atomic E-state index is 12.4. The normalized spacial score (nSPS) is 15.8. The largest absolute Gasteiger partial charge is 0.343 e. The van der Waals surface area contributed by atoms with Crippen molar-refractivity contribution in [1.82, 2.24) is 24.0 Å². The lowest BCUT2D eigenvalue weighted by Gasteiger charge is -2.31. The fraction of sp³-hybridized carbons (Fsp3) is 0.625. The molecule has 2 aromatic heterocycles. The van der Waals surface area contributed by atoms with Gasteiger partial charge in [-0.05, 0) is 12.8 Å². The molecule has 130 valence electrons. The number of aromatic amines is 1. The van der Waals surface area contributed by atoms with Crippen molar-refractivity contribution in [2.45, 2.75) is 51.1 Å². The highest BCUT2D eigenvalue weighted by molar-refractivity contribution is 5.76. The van der Waals surface area contributed by atoms with Crippen molar-refractivity contribution in [1.29, 1.82) is 0 Å². The number of H-pyrrole nitrogens is 1. The lowest BCUT2D eigenvalue weighted by molar-refractivity contribution is -0.132. The van der Waals surface area contributed by atoms with E-state index in [1.807, 2.05) is 7.05 Å². The van der Waals surface area contributed by atoms with Gasteiger partial charge >= 0.3 is 5.69 Å². The van der Waals surface area contributed by atoms with Crippen molar-refractivity contribution in [3.63, 3.8) is 0 Å². The molecule has 0 aromatic carbocycles. The molecule has 1 N–H and O–H groups in total. The molecule has 0 bridgehead atoms. The number of nitrogens with one attached hydrogen (secondary N) is 1. The van der Waals surface area contributed by atoms with Crippen molar-refractivity contribution >= 4 is 17.1 Å². The Morgan fingerprint density at radius 2 is 2.04 bits per heavy atom. The Kier molecular flexibility index (Phi) is 4.55. The van der Waals surface area contributed by atoms with Gasteiger partial charge in [-0.2, -0.15) is 0 Å². The number of hydrogen-bond donors (Lipinski definition) is 1. The third-order valence-corrected chi connectivity index (χ3v) is 4.98. The molecule has 1 amide bonds. The molecule has 8 nitrogen and oxygen atoms in total. The molecule has 1 aliphatic rings. The van der Waals surface area contributed by atoms with Crippen LogP contribution in [-0.2, 0) is 18.4 Å². The fourth-order valence-corrected chi connectivity index (χ4v) is 3.45. The first-order chi connectivity index (χ1) is 11.5. The Hall–Kier alpha value is -2.38. The number of rotatable bonds is 4. The van der Waals surface area contributed by atoms with Crippen LogP contribution in [0.2, 0.25) is 0 Å². The van der Waals surface area contributed by atoms with E-state index in [2.05, 4.69) is 9.97 Å². The molecular weight excluding hydrogens is 310 g/mol. The smallest absolute Gasteiger partial charge is 0.332 e. The number of nitrogens with zero attached hydrogens (tertiary/aromatic N) is 4. The number of aromatic nitrogens is 4. The summed E-state index contributed by atoms with van der Waals surface area (Å²) in [4.78, 5) is 45.7. The molecule has 0 atom stereocenters. The first-order valence-corrected chi connectivity index (χ1v) is 8.39. The molecule has 24 heavy (non-hydrogen) atoms. The first kappa shape index (κ1) is 16.5. The number of aryl methyl sites for hydroxylation is 1. The summed E-state index contributed by atoms with van der Waals surface area (Å²) in [6.07, 6.45) is 7.12. The summed E-state index contributed by atoms with van der Waals surface area (Å²) in [7, 11) is 3.38. The van der Waals surface area contributed by atoms with Crippen LogP contribution in [0.5, 0.6) is 0 Å². The van der Waals surface area contributed by atoms with Crippen LogP contribution in [0.25, 0.3) is 11.2 Å². The maximum Gasteiger partial charge on any atom is 0.332 e. The van der Waals surface area contributed by atoms with E-state index in [0.29, 0.717) is 5.65 Å². The Morgan fingerprint density at radius 3 is 2.75 bits per heavy atom. The highest BCUT2D eigenvalue weighted by atomic mass is 16.2. The van der Waals surface area contributed by atoms with Gasteiger partial charge in [0.25, 0.3) is 5.56 Å². The minimum Gasteiger partial charge on any atom is -0.343 e. The molecule has 0 spiro atoms. The summed E-state index contributed by atoms with van der Waals surface area (Å²) in [5, 5.41) is 0. The minimum atomic E-state index is -0.451. The van der Waals surface area contributed by atoms with Gasteiger partial charge in [0.15, 0.2) is 5.65 Å². The van der Waals surface area contributed by atoms with Crippen molar-refractivity contribution in [2.75, 3.05) is 7.05 Å². The second-order valence-corrected chi connectivity index (χ2v) is 6.45. The third kappa shape index (κ3) is 2.88. The SMILES string of the molecule is CN(C(=O)CCn1c(=O)c2[nH]cnc2n(C)c1=O)C1CCCCC1. The lowest BCUT2D eigenvalue weighted by Crippen LogP contribution is -2.42. The van der Waals surface area contributed by atoms with Gasteiger partial charge < -0.3 is 9.88 Å². The van der Waals surface area contributed by atoms with Crippen LogP contribution in [0.15, 0.2) is 15.9 Å². The van der Waals surface area contributed by atoms with Gasteiger partial charge in [-0.15, -0.1) is 0 Å². The molecule has 1 aliphatic carbocycles. The Balaban J connectivity index is 1.77. The van der Waals surface area contributed by atoms with E-state index in [9.17, 15) is 14.4 Å². The minimum absolute atomic E-state index is 0.0273. The van der Waals surface area contributed by atoms with E-state index in [1.165, 1.54) is 17.3 Å². The van der Waals surface area contributed by atoms with Crippen LogP contribution in [0, 0.1) is 0 Å². The molecule has 0 unspecified atom stereocenters. The van der Waals surface area contributed by atoms with E-state index in [1.54, 1.807) is 11.9 Å². The molecule has 1 saturated carbocycles. The fourth-order valence-electron chi connectivity index (χ4n) is 3.45. The first-order valence-electron chi connectivity index (χ1n) is 8.39. The summed E-state index contributed by atoms with van der Waals surface area (Å²) in [6, 6.07) is 0.279. The number of carbonyl (C=O) groups is 1. The van der Waals surface area contributed by atoms with E-state index in [0.717, 1.165) is 30.3 Å². The number of imidazole rings is 1. The molecule has 2 heterocycles. The number of carbonyl (C=O) groups excluding carboxylic acids is 1. The molecule has 3 rings (SSSR count). The standard InChI is InChI=1S/C16H23N5O3/c1-19(11-6-4-3-5-7-11)12(22)8-9-21-15(23)13-14(18-10-17-13)20(2)16(21)24/h10-11H,3-9H2,1-2H3,(H,17,18). The second-order valence-electron chi connectivity index (χ2n) is 6.45. The second kappa shape index (κ2) is 6.62. The molecular formula is C16H23N5O3. The van der Waals surface area contributed by atoms with Gasteiger partial charge in [0.2, 0.25) is 5.91 Å². The summed E-state index contributed by atoms with van der Waals surface area (Å²) in [5.74, 6) is -0.0273. The molecule has 2 aromatic rings. The molecule has 0 aliphatic heterocycles. The number of fused-ring (bicyclic) bond motifs is 1. The maximum absolute atomic E-state index is 12.4. The van der Waals surface area contributed by atoms with Crippen LogP contribution >= 0.6 is 0 Å². The van der Waals surface area contributed by atoms with Gasteiger partial charge in [0.1, 0.15) is 5.52 Å². The van der Waals surface area contributed by atoms with Crippen molar-refractivity contribution < 1.29 is 4.79 Å². The van der Waals surface area contributed by atoms with Crippen molar-refractivity contribution in [2.24, 2.45) is 7.05 Å². The molecule has 0 saturated heterocycles. The van der Waals surface area contributed by atoms with Gasteiger partial charge in [0.05, 0.1) is 6.33 Å². The van der Waals surface area contributed by atoms with E-state index < -0.39 is 11.2 Å². The summed E-state index contributed by atoms with van der Waals surface area (Å²) < 4.78 is 2.43. The summed E-state index contributed by atoms with van der Waals surface area (Å²) in [5.41, 5.74) is -0.275. The van der Waals surface area contributed by atoms with E-state index >= 15 is 0 Å². The number of hydrogen-bond acceptors (Lipinski definition) is 4. The average molecular weight is 333 g/mol. The predicted octanol–water partition coefficient (Wildman–Crippen LogP) is 0.604. The van der Waals surface area contributed by atoms with E-state index in [-0.39, 0.29) is 30.4 Å². The molecule has 0 radical (unpaired) electrons. The lowest BCUT2D eigenvalue weighted by atomic mass is 9.94. The Bertz CT molecular complexity index is 857. The van der Waals surface area contributed by atoms with Crippen LogP contribution in [0.3, 0.4) is 0 Å². The van der Waals surface area contributed by atoms with Crippen LogP contribution in [-0.4, -0.2) is 43.0 Å². The Labute approximate surface area is 139 Å². The van der Waals surface area contributed by atoms with Crippen LogP contribution < -0.4 is 11.2 Å². The van der Waals surface area contributed by atoms with Crippen molar-refractivity contribution in [3.05, 3.63) is 27.2 Å². The monoisotopic (exact) mass is 333 g/mol. The highest BCUT2D eigenvalue weighted by Gasteiger charge is 2.22. The molecule has 8 heteroatoms. The van der Waals surface area contributed by atoms with E-state index in [4.69, 9.17) is 0 Å². The van der Waals surface area contributed by atoms with Crippen LogP contribution in [0.4, 0.5) is 0 Å². The third-order valence-electron chi connectivity index (χ3n) is 4.98. The highest BCUT2D eigenvalue weighted by Crippen LogP contribution is 2.22.